The zero-order valence-corrected chi connectivity index (χ0v) is 15.8. The largest absolute Gasteiger partial charge is 0.495 e. The predicted octanol–water partition coefficient (Wildman–Crippen LogP) is 1.59. The first-order valence-corrected chi connectivity index (χ1v) is 8.47. The lowest BCUT2D eigenvalue weighted by Gasteiger charge is -2.26. The van der Waals surface area contributed by atoms with Crippen molar-refractivity contribution in [3.05, 3.63) is 23.2 Å². The van der Waals surface area contributed by atoms with E-state index in [1.165, 1.54) is 21.0 Å². The van der Waals surface area contributed by atoms with Crippen LogP contribution in [0, 0.1) is 0 Å². The molecular formula is C17H24ClN3O5. The Bertz CT molecular complexity index is 653. The summed E-state index contributed by atoms with van der Waals surface area (Å²) >= 11 is 5.93. The van der Waals surface area contributed by atoms with Crippen LogP contribution in [0.2, 0.25) is 5.02 Å². The van der Waals surface area contributed by atoms with E-state index in [0.29, 0.717) is 29.5 Å². The first-order chi connectivity index (χ1) is 12.2. The summed E-state index contributed by atoms with van der Waals surface area (Å²) in [6.07, 6.45) is 0.0767. The number of nitrogens with zero attached hydrogens (tertiary/aromatic N) is 1. The summed E-state index contributed by atoms with van der Waals surface area (Å²) in [4.78, 5) is 36.0. The number of amides is 2. The van der Waals surface area contributed by atoms with Crippen molar-refractivity contribution in [3.63, 3.8) is 0 Å². The maximum absolute atomic E-state index is 12.2. The monoisotopic (exact) mass is 385 g/mol. The minimum atomic E-state index is -0.996. The number of carbonyl (C=O) groups excluding carboxylic acids is 2. The number of anilines is 1. The van der Waals surface area contributed by atoms with Crippen LogP contribution in [0.25, 0.3) is 0 Å². The molecule has 1 aromatic carbocycles. The van der Waals surface area contributed by atoms with Crippen LogP contribution < -0.4 is 15.4 Å². The number of hydrogen-bond acceptors (Lipinski definition) is 5. The maximum Gasteiger partial charge on any atom is 0.320 e. The van der Waals surface area contributed by atoms with Gasteiger partial charge in [-0.2, -0.15) is 0 Å². The Hall–Kier alpha value is -2.32. The molecule has 144 valence electrons. The molecule has 0 aliphatic heterocycles. The molecule has 0 heterocycles. The van der Waals surface area contributed by atoms with Gasteiger partial charge in [-0.1, -0.05) is 11.6 Å². The standard InChI is InChI=1S/C17H24ClN3O5/c1-11(17(24)25)21(9-7-19-12(2)22)8-6-16(23)20-14-10-13(18)4-5-15(14)26-3/h4-5,10-11H,6-9H2,1-3H3,(H,19,22)(H,20,23)(H,24,25). The normalized spacial score (nSPS) is 11.7. The number of ether oxygens (including phenoxy) is 1. The number of carboxylic acid groups (broad SMARTS) is 1. The van der Waals surface area contributed by atoms with Gasteiger partial charge in [-0.25, -0.2) is 0 Å². The molecular weight excluding hydrogens is 362 g/mol. The molecule has 1 rings (SSSR count). The lowest BCUT2D eigenvalue weighted by atomic mass is 10.2. The van der Waals surface area contributed by atoms with E-state index in [4.69, 9.17) is 16.3 Å². The summed E-state index contributed by atoms with van der Waals surface area (Å²) in [7, 11) is 1.48. The second-order valence-electron chi connectivity index (χ2n) is 5.68. The van der Waals surface area contributed by atoms with E-state index >= 15 is 0 Å². The smallest absolute Gasteiger partial charge is 0.320 e. The third-order valence-electron chi connectivity index (χ3n) is 3.74. The van der Waals surface area contributed by atoms with Crippen LogP contribution in [0.4, 0.5) is 5.69 Å². The fourth-order valence-electron chi connectivity index (χ4n) is 2.27. The zero-order chi connectivity index (χ0) is 19.7. The van der Waals surface area contributed by atoms with Crippen molar-refractivity contribution in [1.82, 2.24) is 10.2 Å². The molecule has 0 saturated heterocycles. The molecule has 1 aromatic rings. The highest BCUT2D eigenvalue weighted by Gasteiger charge is 2.21. The van der Waals surface area contributed by atoms with E-state index in [-0.39, 0.29) is 24.8 Å². The number of carbonyl (C=O) groups is 3. The van der Waals surface area contributed by atoms with E-state index < -0.39 is 12.0 Å². The third kappa shape index (κ3) is 7.28. The van der Waals surface area contributed by atoms with E-state index in [9.17, 15) is 19.5 Å². The van der Waals surface area contributed by atoms with Crippen molar-refractivity contribution in [2.75, 3.05) is 32.1 Å². The number of halogens is 1. The highest BCUT2D eigenvalue weighted by Crippen LogP contribution is 2.27. The van der Waals surface area contributed by atoms with Gasteiger partial charge in [0, 0.05) is 38.0 Å². The molecule has 1 unspecified atom stereocenters. The van der Waals surface area contributed by atoms with Crippen LogP contribution in [0.15, 0.2) is 18.2 Å². The molecule has 1 atom stereocenters. The molecule has 2 amide bonds. The quantitative estimate of drug-likeness (QED) is 0.564. The van der Waals surface area contributed by atoms with Crippen LogP contribution in [0.3, 0.4) is 0 Å². The molecule has 0 aliphatic carbocycles. The predicted molar refractivity (Wildman–Crippen MR) is 98.6 cm³/mol. The summed E-state index contributed by atoms with van der Waals surface area (Å²) in [6, 6.07) is 4.09. The van der Waals surface area contributed by atoms with Gasteiger partial charge in [0.15, 0.2) is 0 Å². The Labute approximate surface area is 157 Å². The second-order valence-corrected chi connectivity index (χ2v) is 6.11. The Morgan fingerprint density at radius 3 is 2.58 bits per heavy atom. The lowest BCUT2D eigenvalue weighted by molar-refractivity contribution is -0.142. The number of benzene rings is 1. The summed E-state index contributed by atoms with van der Waals surface area (Å²) in [5.74, 6) is -1.01. The van der Waals surface area contributed by atoms with Crippen molar-refractivity contribution in [3.8, 4) is 5.75 Å². The molecule has 3 N–H and O–H groups in total. The van der Waals surface area contributed by atoms with Gasteiger partial charge >= 0.3 is 5.97 Å². The topological polar surface area (TPSA) is 108 Å². The van der Waals surface area contributed by atoms with Gasteiger partial charge in [0.1, 0.15) is 11.8 Å². The van der Waals surface area contributed by atoms with Gasteiger partial charge in [-0.15, -0.1) is 0 Å². The van der Waals surface area contributed by atoms with Crippen molar-refractivity contribution in [2.24, 2.45) is 0 Å². The highest BCUT2D eigenvalue weighted by molar-refractivity contribution is 6.31. The molecule has 8 nitrogen and oxygen atoms in total. The van der Waals surface area contributed by atoms with E-state index in [1.807, 2.05) is 0 Å². The first kappa shape index (κ1) is 21.7. The summed E-state index contributed by atoms with van der Waals surface area (Å²) in [6.45, 7) is 3.77. The van der Waals surface area contributed by atoms with Crippen LogP contribution in [-0.4, -0.2) is 60.6 Å². The highest BCUT2D eigenvalue weighted by atomic mass is 35.5. The molecule has 0 bridgehead atoms. The summed E-state index contributed by atoms with van der Waals surface area (Å²) in [5, 5.41) is 15.0. The SMILES string of the molecule is COc1ccc(Cl)cc1NC(=O)CCN(CCNC(C)=O)C(C)C(=O)O. The molecule has 0 fully saturated rings. The van der Waals surface area contributed by atoms with Crippen molar-refractivity contribution >= 4 is 35.1 Å². The van der Waals surface area contributed by atoms with Crippen LogP contribution >= 0.6 is 11.6 Å². The molecule has 0 spiro atoms. The van der Waals surface area contributed by atoms with Gasteiger partial charge < -0.3 is 20.5 Å². The molecule has 0 aromatic heterocycles. The fourth-order valence-corrected chi connectivity index (χ4v) is 2.44. The summed E-state index contributed by atoms with van der Waals surface area (Å²) < 4.78 is 5.17. The van der Waals surface area contributed by atoms with Crippen molar-refractivity contribution in [2.45, 2.75) is 26.3 Å². The summed E-state index contributed by atoms with van der Waals surface area (Å²) in [5.41, 5.74) is 0.445. The Kier molecular flexibility index (Phi) is 8.87. The minimum absolute atomic E-state index is 0.0767. The Balaban J connectivity index is 2.66. The maximum atomic E-state index is 12.2. The fraction of sp³-hybridized carbons (Fsp3) is 0.471. The van der Waals surface area contributed by atoms with Crippen molar-refractivity contribution in [1.29, 1.82) is 0 Å². The van der Waals surface area contributed by atoms with Gasteiger partial charge in [0.2, 0.25) is 11.8 Å². The van der Waals surface area contributed by atoms with Crippen LogP contribution in [0.5, 0.6) is 5.75 Å². The van der Waals surface area contributed by atoms with Crippen LogP contribution in [0.1, 0.15) is 20.3 Å². The number of rotatable bonds is 10. The Morgan fingerprint density at radius 1 is 1.31 bits per heavy atom. The average Bonchev–Trinajstić information content (AvgIpc) is 2.57. The first-order valence-electron chi connectivity index (χ1n) is 8.09. The number of methoxy groups -OCH3 is 1. The Morgan fingerprint density at radius 2 is 2.00 bits per heavy atom. The van der Waals surface area contributed by atoms with Gasteiger partial charge in [-0.05, 0) is 25.1 Å². The number of hydrogen-bond donors (Lipinski definition) is 3. The molecule has 26 heavy (non-hydrogen) atoms. The number of aliphatic carboxylic acids is 1. The molecule has 0 saturated carbocycles. The molecule has 0 radical (unpaired) electrons. The minimum Gasteiger partial charge on any atom is -0.495 e. The van der Waals surface area contributed by atoms with Gasteiger partial charge in [0.05, 0.1) is 12.8 Å². The van der Waals surface area contributed by atoms with Gasteiger partial charge in [0.25, 0.3) is 0 Å². The van der Waals surface area contributed by atoms with Crippen molar-refractivity contribution < 1.29 is 24.2 Å². The molecule has 0 aliphatic rings. The van der Waals surface area contributed by atoms with Crippen LogP contribution in [-0.2, 0) is 14.4 Å². The average molecular weight is 386 g/mol. The third-order valence-corrected chi connectivity index (χ3v) is 3.97. The number of carboxylic acids is 1. The number of nitrogens with one attached hydrogen (secondary N) is 2. The van der Waals surface area contributed by atoms with E-state index in [2.05, 4.69) is 10.6 Å². The second kappa shape index (κ2) is 10.6. The van der Waals surface area contributed by atoms with Gasteiger partial charge in [-0.3, -0.25) is 19.3 Å². The van der Waals surface area contributed by atoms with E-state index in [1.54, 1.807) is 23.1 Å². The molecule has 9 heteroatoms. The van der Waals surface area contributed by atoms with E-state index in [0.717, 1.165) is 0 Å². The lowest BCUT2D eigenvalue weighted by Crippen LogP contribution is -2.44. The zero-order valence-electron chi connectivity index (χ0n) is 15.0.